The lowest BCUT2D eigenvalue weighted by molar-refractivity contribution is -0.196. The lowest BCUT2D eigenvalue weighted by atomic mass is 9.84. The second kappa shape index (κ2) is 4.70. The van der Waals surface area contributed by atoms with Crippen molar-refractivity contribution in [3.8, 4) is 0 Å². The second-order valence-corrected chi connectivity index (χ2v) is 6.54. The minimum absolute atomic E-state index is 0.0258. The quantitative estimate of drug-likeness (QED) is 0.840. The summed E-state index contributed by atoms with van der Waals surface area (Å²) in [4.78, 5) is 28.4. The Bertz CT molecular complexity index is 931. The molecule has 132 valence electrons. The van der Waals surface area contributed by atoms with Gasteiger partial charge in [-0.2, -0.15) is 18.3 Å². The van der Waals surface area contributed by atoms with Gasteiger partial charge in [0, 0.05) is 29.7 Å². The van der Waals surface area contributed by atoms with E-state index in [1.165, 1.54) is 11.4 Å². The Labute approximate surface area is 139 Å². The van der Waals surface area contributed by atoms with Crippen LogP contribution in [0.4, 0.5) is 13.2 Å². The molecule has 0 aromatic carbocycles. The molecule has 4 rings (SSSR count). The number of carbonyl (C=O) groups is 2. The number of halogens is 3. The van der Waals surface area contributed by atoms with Crippen LogP contribution in [0.1, 0.15) is 46.2 Å². The van der Waals surface area contributed by atoms with Gasteiger partial charge in [0.1, 0.15) is 5.69 Å². The SMILES string of the molecule is Cc1nc2cc(C3CC3)nn2c2c1C[C@@](C(N)=O)(C(F)(F)F)NC2=O. The van der Waals surface area contributed by atoms with Crippen molar-refractivity contribution in [2.75, 3.05) is 0 Å². The van der Waals surface area contributed by atoms with E-state index in [9.17, 15) is 22.8 Å². The molecule has 3 heterocycles. The number of aryl methyl sites for hydroxylation is 1. The smallest absolute Gasteiger partial charge is 0.367 e. The van der Waals surface area contributed by atoms with Gasteiger partial charge in [-0.3, -0.25) is 9.59 Å². The predicted octanol–water partition coefficient (Wildman–Crippen LogP) is 0.987. The predicted molar refractivity (Wildman–Crippen MR) is 78.8 cm³/mol. The number of nitrogens with two attached hydrogens (primary N) is 1. The zero-order valence-corrected chi connectivity index (χ0v) is 13.1. The number of fused-ring (bicyclic) bond motifs is 3. The minimum Gasteiger partial charge on any atom is -0.367 e. The van der Waals surface area contributed by atoms with Gasteiger partial charge in [-0.25, -0.2) is 9.50 Å². The molecule has 3 N–H and O–H groups in total. The monoisotopic (exact) mass is 353 g/mol. The van der Waals surface area contributed by atoms with E-state index >= 15 is 0 Å². The van der Waals surface area contributed by atoms with E-state index in [1.54, 1.807) is 11.4 Å². The summed E-state index contributed by atoms with van der Waals surface area (Å²) < 4.78 is 41.8. The molecule has 25 heavy (non-hydrogen) atoms. The molecule has 0 saturated heterocycles. The van der Waals surface area contributed by atoms with Crippen molar-refractivity contribution < 1.29 is 22.8 Å². The molecular weight excluding hydrogens is 339 g/mol. The molecule has 2 aliphatic rings. The molecule has 1 aliphatic carbocycles. The number of aromatic nitrogens is 3. The van der Waals surface area contributed by atoms with Gasteiger partial charge in [0.25, 0.3) is 11.8 Å². The van der Waals surface area contributed by atoms with E-state index < -0.39 is 30.0 Å². The Balaban J connectivity index is 1.94. The van der Waals surface area contributed by atoms with Crippen LogP contribution in [0.2, 0.25) is 0 Å². The van der Waals surface area contributed by atoms with Crippen molar-refractivity contribution in [1.82, 2.24) is 19.9 Å². The van der Waals surface area contributed by atoms with Gasteiger partial charge in [-0.05, 0) is 19.8 Å². The van der Waals surface area contributed by atoms with Gasteiger partial charge in [0.2, 0.25) is 5.54 Å². The largest absolute Gasteiger partial charge is 0.421 e. The number of hydrogen-bond acceptors (Lipinski definition) is 4. The maximum Gasteiger partial charge on any atom is 0.421 e. The highest BCUT2D eigenvalue weighted by molar-refractivity contribution is 6.02. The second-order valence-electron chi connectivity index (χ2n) is 6.54. The van der Waals surface area contributed by atoms with Gasteiger partial charge in [0.15, 0.2) is 5.65 Å². The summed E-state index contributed by atoms with van der Waals surface area (Å²) in [5, 5.41) is 6.10. The van der Waals surface area contributed by atoms with Crippen LogP contribution in [-0.2, 0) is 11.2 Å². The zero-order valence-electron chi connectivity index (χ0n) is 13.1. The third kappa shape index (κ3) is 2.12. The number of carbonyl (C=O) groups excluding carboxylic acids is 2. The van der Waals surface area contributed by atoms with E-state index in [-0.39, 0.29) is 17.0 Å². The van der Waals surface area contributed by atoms with Crippen LogP contribution in [0.5, 0.6) is 0 Å². The van der Waals surface area contributed by atoms with Crippen LogP contribution in [0.25, 0.3) is 5.65 Å². The average molecular weight is 353 g/mol. The molecule has 1 saturated carbocycles. The molecule has 1 atom stereocenters. The molecule has 2 aromatic rings. The molecule has 0 radical (unpaired) electrons. The first-order chi connectivity index (χ1) is 11.6. The van der Waals surface area contributed by atoms with E-state index in [1.807, 2.05) is 0 Å². The van der Waals surface area contributed by atoms with Crippen LogP contribution < -0.4 is 11.1 Å². The number of primary amides is 1. The number of amides is 2. The summed E-state index contributed by atoms with van der Waals surface area (Å²) in [7, 11) is 0. The Morgan fingerprint density at radius 3 is 2.68 bits per heavy atom. The highest BCUT2D eigenvalue weighted by Crippen LogP contribution is 2.41. The highest BCUT2D eigenvalue weighted by Gasteiger charge is 2.63. The lowest BCUT2D eigenvalue weighted by Crippen LogP contribution is -2.69. The topological polar surface area (TPSA) is 102 Å². The average Bonchev–Trinajstić information content (AvgIpc) is 3.26. The zero-order chi connectivity index (χ0) is 18.1. The standard InChI is InChI=1S/C15H14F3N5O2/c1-6-8-5-14(13(19)25,15(16,17)18)21-12(24)11(8)23-10(20-6)4-9(22-23)7-2-3-7/h4,7H,2-3,5H2,1H3,(H2,19,25)(H,21,24)/t14-/m1/s1. The Hall–Kier alpha value is -2.65. The van der Waals surface area contributed by atoms with Gasteiger partial charge >= 0.3 is 6.18 Å². The fourth-order valence-electron chi connectivity index (χ4n) is 3.22. The van der Waals surface area contributed by atoms with Gasteiger partial charge in [0.05, 0.1) is 5.69 Å². The minimum atomic E-state index is -5.03. The molecule has 0 unspecified atom stereocenters. The molecular formula is C15H14F3N5O2. The Morgan fingerprint density at radius 1 is 1.44 bits per heavy atom. The third-order valence-corrected chi connectivity index (χ3v) is 4.81. The van der Waals surface area contributed by atoms with Crippen LogP contribution in [0.3, 0.4) is 0 Å². The van der Waals surface area contributed by atoms with Crippen molar-refractivity contribution in [3.05, 3.63) is 28.7 Å². The van der Waals surface area contributed by atoms with Gasteiger partial charge in [-0.1, -0.05) is 0 Å². The molecule has 1 fully saturated rings. The lowest BCUT2D eigenvalue weighted by Gasteiger charge is -2.37. The number of hydrogen-bond donors (Lipinski definition) is 2. The van der Waals surface area contributed by atoms with Gasteiger partial charge in [-0.15, -0.1) is 0 Å². The van der Waals surface area contributed by atoms with Crippen molar-refractivity contribution >= 4 is 17.5 Å². The van der Waals surface area contributed by atoms with E-state index in [0.29, 0.717) is 11.6 Å². The van der Waals surface area contributed by atoms with Crippen molar-refractivity contribution in [3.63, 3.8) is 0 Å². The molecule has 1 aliphatic heterocycles. The van der Waals surface area contributed by atoms with Gasteiger partial charge < -0.3 is 11.1 Å². The summed E-state index contributed by atoms with van der Waals surface area (Å²) in [5.41, 5.74) is 3.25. The Kier molecular flexibility index (Phi) is 2.98. The highest BCUT2D eigenvalue weighted by atomic mass is 19.4. The molecule has 10 heteroatoms. The third-order valence-electron chi connectivity index (χ3n) is 4.81. The van der Waals surface area contributed by atoms with Crippen molar-refractivity contribution in [2.45, 2.75) is 43.8 Å². The molecule has 0 spiro atoms. The number of rotatable bonds is 2. The maximum absolute atomic E-state index is 13.5. The first kappa shape index (κ1) is 15.9. The maximum atomic E-state index is 13.5. The summed E-state index contributed by atoms with van der Waals surface area (Å²) in [5.74, 6) is -2.40. The van der Waals surface area contributed by atoms with E-state index in [2.05, 4.69) is 10.1 Å². The fraction of sp³-hybridized carbons (Fsp3) is 0.467. The molecule has 7 nitrogen and oxygen atoms in total. The van der Waals surface area contributed by atoms with Crippen LogP contribution in [0.15, 0.2) is 6.07 Å². The Morgan fingerprint density at radius 2 is 2.12 bits per heavy atom. The first-order valence-electron chi connectivity index (χ1n) is 7.72. The van der Waals surface area contributed by atoms with Crippen molar-refractivity contribution in [1.29, 1.82) is 0 Å². The van der Waals surface area contributed by atoms with E-state index in [0.717, 1.165) is 18.5 Å². The molecule has 2 aromatic heterocycles. The first-order valence-corrected chi connectivity index (χ1v) is 7.72. The normalized spacial score (nSPS) is 23.4. The van der Waals surface area contributed by atoms with E-state index in [4.69, 9.17) is 5.73 Å². The summed E-state index contributed by atoms with van der Waals surface area (Å²) >= 11 is 0. The fourth-order valence-corrected chi connectivity index (χ4v) is 3.22. The number of alkyl halides is 3. The summed E-state index contributed by atoms with van der Waals surface area (Å²) in [6, 6.07) is 1.73. The molecule has 2 amide bonds. The summed E-state index contributed by atoms with van der Waals surface area (Å²) in [6.07, 6.45) is -3.87. The van der Waals surface area contributed by atoms with Crippen molar-refractivity contribution in [2.24, 2.45) is 5.73 Å². The van der Waals surface area contributed by atoms with Crippen LogP contribution >= 0.6 is 0 Å². The van der Waals surface area contributed by atoms with Crippen LogP contribution in [-0.4, -0.2) is 38.1 Å². The van der Waals surface area contributed by atoms with Crippen LogP contribution in [0, 0.1) is 6.92 Å². The number of nitrogens with zero attached hydrogens (tertiary/aromatic N) is 3. The summed E-state index contributed by atoms with van der Waals surface area (Å²) in [6.45, 7) is 1.50. The number of nitrogens with one attached hydrogen (secondary N) is 1. The molecule has 0 bridgehead atoms.